The molecule has 0 saturated heterocycles. The third-order valence-corrected chi connectivity index (χ3v) is 8.55. The summed E-state index contributed by atoms with van der Waals surface area (Å²) in [5, 5.41) is 0.190. The van der Waals surface area contributed by atoms with Gasteiger partial charge in [-0.25, -0.2) is 0 Å². The molecule has 0 atom stereocenters. The zero-order valence-corrected chi connectivity index (χ0v) is 14.5. The molecule has 1 aliphatic carbocycles. The number of allylic oxidation sites excluding steroid dienone is 4. The molecule has 0 aromatic rings. The minimum Gasteiger partial charge on any atom is -0.546 e. The molecule has 108 valence electrons. The fourth-order valence-corrected chi connectivity index (χ4v) is 2.98. The maximum absolute atomic E-state index is 12.0. The molecule has 0 aromatic heterocycles. The van der Waals surface area contributed by atoms with Gasteiger partial charge in [-0.1, -0.05) is 26.3 Å². The molecule has 0 unspecified atom stereocenters. The highest BCUT2D eigenvalue weighted by Gasteiger charge is 2.39. The predicted octanol–water partition coefficient (Wildman–Crippen LogP) is 4.98. The van der Waals surface area contributed by atoms with Crippen molar-refractivity contribution in [3.8, 4) is 0 Å². The molecule has 3 heteroatoms. The minimum atomic E-state index is -1.80. The van der Waals surface area contributed by atoms with E-state index in [0.717, 1.165) is 29.7 Å². The summed E-state index contributed by atoms with van der Waals surface area (Å²) >= 11 is 0. The zero-order valence-electron chi connectivity index (χ0n) is 13.5. The number of rotatable bonds is 2. The van der Waals surface area contributed by atoms with Crippen LogP contribution in [0.3, 0.4) is 0 Å². The summed E-state index contributed by atoms with van der Waals surface area (Å²) in [6, 6.07) is 0. The third kappa shape index (κ3) is 4.07. The average Bonchev–Trinajstić information content (AvgIpc) is 2.38. The summed E-state index contributed by atoms with van der Waals surface area (Å²) in [5.74, 6) is 1.27. The average molecular weight is 280 g/mol. The van der Waals surface area contributed by atoms with Crippen molar-refractivity contribution in [1.82, 2.24) is 0 Å². The van der Waals surface area contributed by atoms with Crippen LogP contribution in [0, 0.1) is 0 Å². The summed E-state index contributed by atoms with van der Waals surface area (Å²) in [5.41, 5.74) is 1.94. The Morgan fingerprint density at radius 2 is 1.79 bits per heavy atom. The topological polar surface area (TPSA) is 26.3 Å². The van der Waals surface area contributed by atoms with Crippen LogP contribution in [0.2, 0.25) is 18.1 Å². The summed E-state index contributed by atoms with van der Waals surface area (Å²) in [7, 11) is -1.80. The molecule has 0 fully saturated rings. The molecular weight excluding hydrogens is 252 g/mol. The van der Waals surface area contributed by atoms with Crippen LogP contribution in [-0.4, -0.2) is 14.1 Å². The van der Waals surface area contributed by atoms with Crippen molar-refractivity contribution in [1.29, 1.82) is 0 Å². The Labute approximate surface area is 119 Å². The van der Waals surface area contributed by atoms with Gasteiger partial charge in [-0.2, -0.15) is 0 Å². The normalized spacial score (nSPS) is 17.9. The van der Waals surface area contributed by atoms with Gasteiger partial charge in [0.2, 0.25) is 8.32 Å². The van der Waals surface area contributed by atoms with Crippen molar-refractivity contribution >= 4 is 14.1 Å². The Bertz CT molecular complexity index is 419. The summed E-state index contributed by atoms with van der Waals surface area (Å²) in [6.07, 6.45) is 4.41. The molecule has 0 radical (unpaired) electrons. The maximum Gasteiger partial charge on any atom is 0.250 e. The summed E-state index contributed by atoms with van der Waals surface area (Å²) in [6.45, 7) is 15.2. The van der Waals surface area contributed by atoms with Crippen molar-refractivity contribution in [3.63, 3.8) is 0 Å². The van der Waals surface area contributed by atoms with Gasteiger partial charge in [-0.05, 0) is 44.5 Å². The van der Waals surface area contributed by atoms with Crippen molar-refractivity contribution < 1.29 is 9.22 Å². The predicted molar refractivity (Wildman–Crippen MR) is 83.6 cm³/mol. The number of Topliss-reactive ketones (excluding diaryl/α,β-unsaturated/α-hetero) is 1. The highest BCUT2D eigenvalue weighted by molar-refractivity contribution is 6.74. The molecular formula is C16H28O2Si. The van der Waals surface area contributed by atoms with Gasteiger partial charge in [0.05, 0.1) is 5.76 Å². The molecule has 0 amide bonds. The zero-order chi connectivity index (χ0) is 14.8. The van der Waals surface area contributed by atoms with Crippen LogP contribution in [-0.2, 0) is 9.22 Å². The van der Waals surface area contributed by atoms with Crippen molar-refractivity contribution in [2.45, 2.75) is 72.0 Å². The SMILES string of the molecule is CC(C)=C1C=C(O[Si](C)(C)C(C)(C)C)CCCC1=O. The Hall–Kier alpha value is -0.833. The van der Waals surface area contributed by atoms with E-state index in [9.17, 15) is 4.79 Å². The van der Waals surface area contributed by atoms with Gasteiger partial charge >= 0.3 is 0 Å². The van der Waals surface area contributed by atoms with Gasteiger partial charge in [0.25, 0.3) is 0 Å². The standard InChI is InChI=1S/C16H28O2Si/c1-12(2)14-11-13(9-8-10-15(14)17)18-19(6,7)16(3,4)5/h11H,8-10H2,1-7H3. The highest BCUT2D eigenvalue weighted by Crippen LogP contribution is 2.39. The van der Waals surface area contributed by atoms with E-state index in [1.54, 1.807) is 0 Å². The van der Waals surface area contributed by atoms with Crippen LogP contribution in [0.15, 0.2) is 23.0 Å². The number of carbonyl (C=O) groups excluding carboxylic acids is 1. The smallest absolute Gasteiger partial charge is 0.250 e. The first-order valence-corrected chi connectivity index (χ1v) is 10.1. The van der Waals surface area contributed by atoms with E-state index in [1.165, 1.54) is 0 Å². The monoisotopic (exact) mass is 280 g/mol. The fourth-order valence-electron chi connectivity index (χ4n) is 1.86. The van der Waals surface area contributed by atoms with E-state index < -0.39 is 8.32 Å². The second kappa shape index (κ2) is 5.66. The largest absolute Gasteiger partial charge is 0.546 e. The molecule has 1 aliphatic rings. The molecule has 0 N–H and O–H groups in total. The van der Waals surface area contributed by atoms with E-state index in [1.807, 2.05) is 19.9 Å². The Morgan fingerprint density at radius 1 is 1.21 bits per heavy atom. The van der Waals surface area contributed by atoms with Crippen LogP contribution in [0.1, 0.15) is 53.9 Å². The first-order chi connectivity index (χ1) is 8.54. The third-order valence-electron chi connectivity index (χ3n) is 4.16. The molecule has 2 nitrogen and oxygen atoms in total. The fraction of sp³-hybridized carbons (Fsp3) is 0.688. The maximum atomic E-state index is 12.0. The van der Waals surface area contributed by atoms with E-state index in [-0.39, 0.29) is 10.8 Å². The lowest BCUT2D eigenvalue weighted by Gasteiger charge is -2.37. The van der Waals surface area contributed by atoms with Gasteiger partial charge in [0, 0.05) is 18.4 Å². The lowest BCUT2D eigenvalue weighted by molar-refractivity contribution is -0.115. The number of ketones is 1. The molecule has 19 heavy (non-hydrogen) atoms. The Kier molecular flexibility index (Phi) is 4.83. The van der Waals surface area contributed by atoms with Gasteiger partial charge < -0.3 is 4.43 Å². The van der Waals surface area contributed by atoms with Gasteiger partial charge in [-0.15, -0.1) is 0 Å². The lowest BCUT2D eigenvalue weighted by Crippen LogP contribution is -2.40. The van der Waals surface area contributed by atoms with Crippen LogP contribution >= 0.6 is 0 Å². The second-order valence-electron chi connectivity index (χ2n) is 7.16. The van der Waals surface area contributed by atoms with E-state index in [2.05, 4.69) is 33.9 Å². The highest BCUT2D eigenvalue weighted by atomic mass is 28.4. The molecule has 1 rings (SSSR count). The van der Waals surface area contributed by atoms with Crippen LogP contribution < -0.4 is 0 Å². The Morgan fingerprint density at radius 3 is 2.26 bits per heavy atom. The second-order valence-corrected chi connectivity index (χ2v) is 11.9. The van der Waals surface area contributed by atoms with Crippen molar-refractivity contribution in [2.75, 3.05) is 0 Å². The number of hydrogen-bond donors (Lipinski definition) is 0. The van der Waals surface area contributed by atoms with E-state index >= 15 is 0 Å². The van der Waals surface area contributed by atoms with Gasteiger partial charge in [-0.3, -0.25) is 4.79 Å². The van der Waals surface area contributed by atoms with Gasteiger partial charge in [0.15, 0.2) is 5.78 Å². The van der Waals surface area contributed by atoms with Crippen LogP contribution in [0.25, 0.3) is 0 Å². The van der Waals surface area contributed by atoms with Gasteiger partial charge in [0.1, 0.15) is 0 Å². The molecule has 0 saturated carbocycles. The van der Waals surface area contributed by atoms with E-state index in [0.29, 0.717) is 6.42 Å². The molecule has 0 aliphatic heterocycles. The summed E-state index contributed by atoms with van der Waals surface area (Å²) in [4.78, 5) is 12.0. The molecule has 0 bridgehead atoms. The lowest BCUT2D eigenvalue weighted by atomic mass is 10.0. The summed E-state index contributed by atoms with van der Waals surface area (Å²) < 4.78 is 6.37. The number of hydrogen-bond acceptors (Lipinski definition) is 2. The van der Waals surface area contributed by atoms with Crippen molar-refractivity contribution in [2.24, 2.45) is 0 Å². The van der Waals surface area contributed by atoms with Crippen LogP contribution in [0.5, 0.6) is 0 Å². The first kappa shape index (κ1) is 16.2. The van der Waals surface area contributed by atoms with Crippen molar-refractivity contribution in [3.05, 3.63) is 23.0 Å². The van der Waals surface area contributed by atoms with Crippen LogP contribution in [0.4, 0.5) is 0 Å². The minimum absolute atomic E-state index is 0.190. The molecule has 0 spiro atoms. The first-order valence-electron chi connectivity index (χ1n) is 7.15. The molecule has 0 aromatic carbocycles. The Balaban J connectivity index is 3.04. The molecule has 0 heterocycles. The quantitative estimate of drug-likeness (QED) is 0.526. The number of carbonyl (C=O) groups is 1. The van der Waals surface area contributed by atoms with E-state index in [4.69, 9.17) is 4.43 Å².